The van der Waals surface area contributed by atoms with Gasteiger partial charge in [0.25, 0.3) is 5.56 Å². The highest BCUT2D eigenvalue weighted by Gasteiger charge is 2.26. The molecule has 0 aromatic carbocycles. The minimum absolute atomic E-state index is 0.0147. The summed E-state index contributed by atoms with van der Waals surface area (Å²) >= 11 is 0. The van der Waals surface area contributed by atoms with Crippen molar-refractivity contribution in [3.8, 4) is 0 Å². The van der Waals surface area contributed by atoms with Crippen LogP contribution in [0.25, 0.3) is 0 Å². The van der Waals surface area contributed by atoms with Gasteiger partial charge >= 0.3 is 0 Å². The fraction of sp³-hybridized carbons (Fsp3) is 0.714. The SMILES string of the molecule is CCc1cc(=O)[nH]c(C2CCN(CC(C)C)C2)n1. The summed E-state index contributed by atoms with van der Waals surface area (Å²) in [4.78, 5) is 21.5. The first-order chi connectivity index (χ1) is 8.58. The Hall–Kier alpha value is -1.16. The van der Waals surface area contributed by atoms with Gasteiger partial charge < -0.3 is 9.88 Å². The fourth-order valence-corrected chi connectivity index (χ4v) is 2.64. The van der Waals surface area contributed by atoms with Crippen LogP contribution in [-0.4, -0.2) is 34.5 Å². The second-order valence-corrected chi connectivity index (χ2v) is 5.61. The van der Waals surface area contributed by atoms with Crippen LogP contribution in [-0.2, 0) is 6.42 Å². The fourth-order valence-electron chi connectivity index (χ4n) is 2.64. The van der Waals surface area contributed by atoms with Gasteiger partial charge in [-0.25, -0.2) is 4.98 Å². The summed E-state index contributed by atoms with van der Waals surface area (Å²) in [5, 5.41) is 0. The van der Waals surface area contributed by atoms with Crippen molar-refractivity contribution in [2.45, 2.75) is 39.5 Å². The molecule has 1 fully saturated rings. The Morgan fingerprint density at radius 3 is 3.00 bits per heavy atom. The van der Waals surface area contributed by atoms with Crippen LogP contribution in [0.2, 0.25) is 0 Å². The van der Waals surface area contributed by atoms with Gasteiger partial charge in [0.2, 0.25) is 0 Å². The molecule has 1 aromatic heterocycles. The topological polar surface area (TPSA) is 49.0 Å². The van der Waals surface area contributed by atoms with E-state index in [4.69, 9.17) is 0 Å². The molecule has 0 radical (unpaired) electrons. The summed E-state index contributed by atoms with van der Waals surface area (Å²) in [5.74, 6) is 1.96. The summed E-state index contributed by atoms with van der Waals surface area (Å²) < 4.78 is 0. The van der Waals surface area contributed by atoms with Gasteiger partial charge in [0.15, 0.2) is 0 Å². The van der Waals surface area contributed by atoms with Crippen LogP contribution in [0, 0.1) is 5.92 Å². The van der Waals surface area contributed by atoms with Gasteiger partial charge in [-0.1, -0.05) is 20.8 Å². The standard InChI is InChI=1S/C14H23N3O/c1-4-12-7-13(18)16-14(15-12)11-5-6-17(9-11)8-10(2)3/h7,10-11H,4-6,8-9H2,1-3H3,(H,15,16,18). The number of nitrogens with one attached hydrogen (secondary N) is 1. The third kappa shape index (κ3) is 3.19. The molecule has 0 spiro atoms. The zero-order valence-corrected chi connectivity index (χ0v) is 11.6. The second-order valence-electron chi connectivity index (χ2n) is 5.61. The van der Waals surface area contributed by atoms with E-state index in [9.17, 15) is 4.79 Å². The van der Waals surface area contributed by atoms with Crippen LogP contribution >= 0.6 is 0 Å². The van der Waals surface area contributed by atoms with Gasteiger partial charge in [0.05, 0.1) is 0 Å². The molecule has 4 heteroatoms. The first-order valence-electron chi connectivity index (χ1n) is 6.91. The Kier molecular flexibility index (Phi) is 4.17. The predicted molar refractivity (Wildman–Crippen MR) is 72.9 cm³/mol. The highest BCUT2D eigenvalue weighted by Crippen LogP contribution is 2.24. The van der Waals surface area contributed by atoms with Crippen LogP contribution < -0.4 is 5.56 Å². The number of rotatable bonds is 4. The van der Waals surface area contributed by atoms with Crippen molar-refractivity contribution in [3.63, 3.8) is 0 Å². The van der Waals surface area contributed by atoms with E-state index in [1.165, 1.54) is 0 Å². The van der Waals surface area contributed by atoms with Gasteiger partial charge in [0.1, 0.15) is 5.82 Å². The maximum atomic E-state index is 11.6. The molecule has 2 rings (SSSR count). The number of aromatic amines is 1. The maximum absolute atomic E-state index is 11.6. The zero-order valence-electron chi connectivity index (χ0n) is 11.6. The molecule has 0 aliphatic carbocycles. The van der Waals surface area contributed by atoms with Crippen LogP contribution in [0.15, 0.2) is 10.9 Å². The molecule has 2 heterocycles. The summed E-state index contributed by atoms with van der Waals surface area (Å²) in [6.45, 7) is 9.78. The summed E-state index contributed by atoms with van der Waals surface area (Å²) in [7, 11) is 0. The summed E-state index contributed by atoms with van der Waals surface area (Å²) in [6.07, 6.45) is 1.92. The maximum Gasteiger partial charge on any atom is 0.251 e. The van der Waals surface area contributed by atoms with Crippen LogP contribution in [0.3, 0.4) is 0 Å². The lowest BCUT2D eigenvalue weighted by molar-refractivity contribution is 0.294. The van der Waals surface area contributed by atoms with Gasteiger partial charge in [0, 0.05) is 30.8 Å². The van der Waals surface area contributed by atoms with Crippen molar-refractivity contribution in [3.05, 3.63) is 27.9 Å². The van der Waals surface area contributed by atoms with E-state index >= 15 is 0 Å². The van der Waals surface area contributed by atoms with E-state index in [0.29, 0.717) is 11.8 Å². The zero-order chi connectivity index (χ0) is 13.1. The minimum Gasteiger partial charge on any atom is -0.310 e. The number of H-pyrrole nitrogens is 1. The van der Waals surface area contributed by atoms with Crippen molar-refractivity contribution in [2.24, 2.45) is 5.92 Å². The second kappa shape index (κ2) is 5.65. The number of hydrogen-bond donors (Lipinski definition) is 1. The Bertz CT molecular complexity index is 453. The smallest absolute Gasteiger partial charge is 0.251 e. The lowest BCUT2D eigenvalue weighted by Gasteiger charge is -2.18. The third-order valence-corrected chi connectivity index (χ3v) is 3.46. The van der Waals surface area contributed by atoms with E-state index in [0.717, 1.165) is 44.0 Å². The summed E-state index contributed by atoms with van der Waals surface area (Å²) in [5.41, 5.74) is 0.884. The van der Waals surface area contributed by atoms with Crippen molar-refractivity contribution >= 4 is 0 Å². The van der Waals surface area contributed by atoms with Gasteiger partial charge in [-0.3, -0.25) is 4.79 Å². The molecule has 1 aromatic rings. The quantitative estimate of drug-likeness (QED) is 0.885. The Labute approximate surface area is 108 Å². The lowest BCUT2D eigenvalue weighted by atomic mass is 10.1. The van der Waals surface area contributed by atoms with E-state index in [1.54, 1.807) is 6.07 Å². The lowest BCUT2D eigenvalue weighted by Crippen LogP contribution is -2.25. The Morgan fingerprint density at radius 1 is 1.56 bits per heavy atom. The van der Waals surface area contributed by atoms with E-state index in [-0.39, 0.29) is 5.56 Å². The number of aryl methyl sites for hydroxylation is 1. The molecule has 1 aliphatic rings. The van der Waals surface area contributed by atoms with Crippen LogP contribution in [0.4, 0.5) is 0 Å². The average molecular weight is 249 g/mol. The van der Waals surface area contributed by atoms with E-state index in [2.05, 4.69) is 28.7 Å². The number of aromatic nitrogens is 2. The monoisotopic (exact) mass is 249 g/mol. The van der Waals surface area contributed by atoms with Crippen molar-refractivity contribution in [1.82, 2.24) is 14.9 Å². The molecule has 0 saturated carbocycles. The van der Waals surface area contributed by atoms with Crippen LogP contribution in [0.5, 0.6) is 0 Å². The molecule has 100 valence electrons. The number of nitrogens with zero attached hydrogens (tertiary/aromatic N) is 2. The molecule has 1 unspecified atom stereocenters. The molecule has 18 heavy (non-hydrogen) atoms. The van der Waals surface area contributed by atoms with Gasteiger partial charge in [-0.2, -0.15) is 0 Å². The predicted octanol–water partition coefficient (Wildman–Crippen LogP) is 1.78. The van der Waals surface area contributed by atoms with Crippen molar-refractivity contribution in [1.29, 1.82) is 0 Å². The summed E-state index contributed by atoms with van der Waals surface area (Å²) in [6, 6.07) is 1.60. The molecule has 1 atom stereocenters. The van der Waals surface area contributed by atoms with Crippen molar-refractivity contribution in [2.75, 3.05) is 19.6 Å². The van der Waals surface area contributed by atoms with E-state index in [1.807, 2.05) is 6.92 Å². The molecule has 0 amide bonds. The molecule has 0 bridgehead atoms. The molecular formula is C14H23N3O. The molecule has 1 saturated heterocycles. The largest absolute Gasteiger partial charge is 0.310 e. The van der Waals surface area contributed by atoms with Crippen molar-refractivity contribution < 1.29 is 0 Å². The third-order valence-electron chi connectivity index (χ3n) is 3.46. The molecule has 1 N–H and O–H groups in total. The number of hydrogen-bond acceptors (Lipinski definition) is 3. The highest BCUT2D eigenvalue weighted by molar-refractivity contribution is 5.08. The molecular weight excluding hydrogens is 226 g/mol. The van der Waals surface area contributed by atoms with E-state index < -0.39 is 0 Å². The molecule has 1 aliphatic heterocycles. The normalized spacial score (nSPS) is 20.8. The molecule has 4 nitrogen and oxygen atoms in total. The first-order valence-corrected chi connectivity index (χ1v) is 6.91. The Balaban J connectivity index is 2.09. The first kappa shape index (κ1) is 13.3. The number of likely N-dealkylation sites (tertiary alicyclic amines) is 1. The van der Waals surface area contributed by atoms with Crippen LogP contribution in [0.1, 0.15) is 44.6 Å². The average Bonchev–Trinajstić information content (AvgIpc) is 2.75. The highest BCUT2D eigenvalue weighted by atomic mass is 16.1. The minimum atomic E-state index is -0.0147. The Morgan fingerprint density at radius 2 is 2.33 bits per heavy atom. The van der Waals surface area contributed by atoms with Gasteiger partial charge in [-0.05, 0) is 25.3 Å². The van der Waals surface area contributed by atoms with Gasteiger partial charge in [-0.15, -0.1) is 0 Å².